The highest BCUT2D eigenvalue weighted by atomic mass is 15.3. The molecule has 0 aliphatic heterocycles. The lowest BCUT2D eigenvalue weighted by Gasteiger charge is -2.17. The summed E-state index contributed by atoms with van der Waals surface area (Å²) < 4.78 is 1.95. The quantitative estimate of drug-likeness (QED) is 0.234. The lowest BCUT2D eigenvalue weighted by atomic mass is 9.86. The van der Waals surface area contributed by atoms with E-state index in [1.54, 1.807) is 0 Å². The summed E-state index contributed by atoms with van der Waals surface area (Å²) in [6, 6.07) is 47.4. The van der Waals surface area contributed by atoms with Gasteiger partial charge < -0.3 is 0 Å². The standard InChI is InChI=1S/C35H24N2/c1-3-11-25(12-4-1)28-23-36-37(24-28)29-21-19-27(20-22-29)35-32-17-9-7-15-30(32)34(26-13-5-2-6-14-26)31-16-8-10-18-33(31)35/h1-24H. The first-order chi connectivity index (χ1) is 18.4. The molecule has 0 radical (unpaired) electrons. The fraction of sp³-hybridized carbons (Fsp3) is 0. The molecule has 0 bridgehead atoms. The van der Waals surface area contributed by atoms with E-state index in [1.807, 2.05) is 16.9 Å². The Morgan fingerprint density at radius 2 is 0.811 bits per heavy atom. The van der Waals surface area contributed by atoms with Crippen LogP contribution in [0.1, 0.15) is 0 Å². The van der Waals surface area contributed by atoms with Crippen molar-refractivity contribution >= 4 is 21.5 Å². The molecular formula is C35H24N2. The molecule has 0 aliphatic carbocycles. The lowest BCUT2D eigenvalue weighted by molar-refractivity contribution is 0.881. The lowest BCUT2D eigenvalue weighted by Crippen LogP contribution is -1.94. The minimum absolute atomic E-state index is 1.04. The van der Waals surface area contributed by atoms with Crippen LogP contribution in [0.5, 0.6) is 0 Å². The zero-order chi connectivity index (χ0) is 24.6. The molecule has 7 rings (SSSR count). The van der Waals surface area contributed by atoms with E-state index in [4.69, 9.17) is 0 Å². The van der Waals surface area contributed by atoms with E-state index < -0.39 is 0 Å². The minimum Gasteiger partial charge on any atom is -0.240 e. The molecule has 7 aromatic rings. The molecule has 0 atom stereocenters. The van der Waals surface area contributed by atoms with Gasteiger partial charge in [0, 0.05) is 11.8 Å². The summed E-state index contributed by atoms with van der Waals surface area (Å²) in [5, 5.41) is 9.69. The van der Waals surface area contributed by atoms with E-state index in [0.29, 0.717) is 0 Å². The van der Waals surface area contributed by atoms with E-state index in [0.717, 1.165) is 11.3 Å². The van der Waals surface area contributed by atoms with Gasteiger partial charge in [0.25, 0.3) is 0 Å². The number of benzene rings is 6. The number of fused-ring (bicyclic) bond motifs is 2. The van der Waals surface area contributed by atoms with Gasteiger partial charge in [-0.25, -0.2) is 4.68 Å². The van der Waals surface area contributed by atoms with Gasteiger partial charge in [0.2, 0.25) is 0 Å². The maximum atomic E-state index is 4.63. The molecule has 0 unspecified atom stereocenters. The maximum absolute atomic E-state index is 4.63. The number of rotatable bonds is 4. The summed E-state index contributed by atoms with van der Waals surface area (Å²) in [6.45, 7) is 0. The Balaban J connectivity index is 1.38. The Labute approximate surface area is 216 Å². The van der Waals surface area contributed by atoms with Gasteiger partial charge in [0.1, 0.15) is 0 Å². The van der Waals surface area contributed by atoms with Gasteiger partial charge in [-0.3, -0.25) is 0 Å². The molecule has 0 saturated carbocycles. The van der Waals surface area contributed by atoms with Crippen molar-refractivity contribution in [1.82, 2.24) is 9.78 Å². The summed E-state index contributed by atoms with van der Waals surface area (Å²) in [6.07, 6.45) is 4.01. The molecule has 6 aromatic carbocycles. The van der Waals surface area contributed by atoms with Crippen LogP contribution >= 0.6 is 0 Å². The highest BCUT2D eigenvalue weighted by Crippen LogP contribution is 2.43. The van der Waals surface area contributed by atoms with E-state index >= 15 is 0 Å². The molecule has 2 nitrogen and oxygen atoms in total. The summed E-state index contributed by atoms with van der Waals surface area (Å²) in [5.41, 5.74) is 8.32. The number of nitrogens with zero attached hydrogens (tertiary/aromatic N) is 2. The Kier molecular flexibility index (Phi) is 5.15. The maximum Gasteiger partial charge on any atom is 0.0646 e. The third kappa shape index (κ3) is 3.71. The summed E-state index contributed by atoms with van der Waals surface area (Å²) in [4.78, 5) is 0. The Hall–Kier alpha value is -4.95. The molecule has 0 amide bonds. The van der Waals surface area contributed by atoms with E-state index in [1.165, 1.54) is 49.4 Å². The minimum atomic E-state index is 1.04. The van der Waals surface area contributed by atoms with Crippen LogP contribution < -0.4 is 0 Å². The fourth-order valence-electron chi connectivity index (χ4n) is 5.38. The normalized spacial score (nSPS) is 11.2. The van der Waals surface area contributed by atoms with Gasteiger partial charge in [-0.05, 0) is 61.5 Å². The van der Waals surface area contributed by atoms with Gasteiger partial charge in [0.05, 0.1) is 11.9 Å². The van der Waals surface area contributed by atoms with Gasteiger partial charge in [-0.15, -0.1) is 0 Å². The monoisotopic (exact) mass is 472 g/mol. The summed E-state index contributed by atoms with van der Waals surface area (Å²) >= 11 is 0. The molecule has 0 fully saturated rings. The van der Waals surface area contributed by atoms with E-state index in [9.17, 15) is 0 Å². The number of hydrogen-bond acceptors (Lipinski definition) is 1. The van der Waals surface area contributed by atoms with Crippen molar-refractivity contribution in [3.63, 3.8) is 0 Å². The van der Waals surface area contributed by atoms with Crippen LogP contribution in [0.3, 0.4) is 0 Å². The Bertz CT molecular complexity index is 1790. The topological polar surface area (TPSA) is 17.8 Å². The van der Waals surface area contributed by atoms with Crippen molar-refractivity contribution in [1.29, 1.82) is 0 Å². The molecule has 2 heteroatoms. The predicted molar refractivity (Wildman–Crippen MR) is 155 cm³/mol. The van der Waals surface area contributed by atoms with Gasteiger partial charge in [-0.2, -0.15) is 5.10 Å². The van der Waals surface area contributed by atoms with Gasteiger partial charge in [-0.1, -0.05) is 121 Å². The van der Waals surface area contributed by atoms with Crippen LogP contribution in [-0.2, 0) is 0 Å². The summed E-state index contributed by atoms with van der Waals surface area (Å²) in [7, 11) is 0. The molecule has 37 heavy (non-hydrogen) atoms. The largest absolute Gasteiger partial charge is 0.240 e. The van der Waals surface area contributed by atoms with Crippen molar-refractivity contribution in [3.8, 4) is 39.1 Å². The van der Waals surface area contributed by atoms with Crippen molar-refractivity contribution < 1.29 is 0 Å². The Morgan fingerprint density at radius 1 is 0.378 bits per heavy atom. The van der Waals surface area contributed by atoms with Crippen LogP contribution in [0.2, 0.25) is 0 Å². The second kappa shape index (κ2) is 8.92. The molecular weight excluding hydrogens is 448 g/mol. The predicted octanol–water partition coefficient (Wildman–Crippen LogP) is 9.18. The number of aromatic nitrogens is 2. The second-order valence-corrected chi connectivity index (χ2v) is 9.29. The third-order valence-electron chi connectivity index (χ3n) is 7.10. The average molecular weight is 473 g/mol. The van der Waals surface area contributed by atoms with Crippen LogP contribution in [0.4, 0.5) is 0 Å². The first-order valence-corrected chi connectivity index (χ1v) is 12.6. The first-order valence-electron chi connectivity index (χ1n) is 12.6. The van der Waals surface area contributed by atoms with Crippen LogP contribution in [0.25, 0.3) is 60.6 Å². The van der Waals surface area contributed by atoms with Crippen molar-refractivity contribution in [3.05, 3.63) is 146 Å². The highest BCUT2D eigenvalue weighted by molar-refractivity contribution is 6.21. The van der Waals surface area contributed by atoms with E-state index in [-0.39, 0.29) is 0 Å². The van der Waals surface area contributed by atoms with Crippen molar-refractivity contribution in [2.45, 2.75) is 0 Å². The fourth-order valence-corrected chi connectivity index (χ4v) is 5.38. The molecule has 0 N–H and O–H groups in total. The van der Waals surface area contributed by atoms with Crippen molar-refractivity contribution in [2.24, 2.45) is 0 Å². The van der Waals surface area contributed by atoms with Gasteiger partial charge >= 0.3 is 0 Å². The third-order valence-corrected chi connectivity index (χ3v) is 7.10. The zero-order valence-corrected chi connectivity index (χ0v) is 20.3. The first kappa shape index (κ1) is 21.3. The number of hydrogen-bond donors (Lipinski definition) is 0. The van der Waals surface area contributed by atoms with Crippen LogP contribution in [0.15, 0.2) is 146 Å². The van der Waals surface area contributed by atoms with Crippen LogP contribution in [0, 0.1) is 0 Å². The molecule has 0 spiro atoms. The van der Waals surface area contributed by atoms with Crippen LogP contribution in [-0.4, -0.2) is 9.78 Å². The second-order valence-electron chi connectivity index (χ2n) is 9.29. The van der Waals surface area contributed by atoms with Gasteiger partial charge in [0.15, 0.2) is 0 Å². The van der Waals surface area contributed by atoms with E-state index in [2.05, 4.69) is 139 Å². The Morgan fingerprint density at radius 3 is 1.32 bits per heavy atom. The summed E-state index contributed by atoms with van der Waals surface area (Å²) in [5.74, 6) is 0. The molecule has 0 saturated heterocycles. The molecule has 1 heterocycles. The average Bonchev–Trinajstić information content (AvgIpc) is 3.47. The SMILES string of the molecule is c1ccc(-c2cnn(-c3ccc(-c4c5ccccc5c(-c5ccccc5)c5ccccc45)cc3)c2)cc1. The smallest absolute Gasteiger partial charge is 0.0646 e. The molecule has 0 aliphatic rings. The molecule has 1 aromatic heterocycles. The molecule has 174 valence electrons. The zero-order valence-electron chi connectivity index (χ0n) is 20.3. The highest BCUT2D eigenvalue weighted by Gasteiger charge is 2.16. The van der Waals surface area contributed by atoms with Crippen molar-refractivity contribution in [2.75, 3.05) is 0 Å².